The Balaban J connectivity index is 1.63. The van der Waals surface area contributed by atoms with Gasteiger partial charge in [-0.1, -0.05) is 36.4 Å². The minimum absolute atomic E-state index is 0.102. The second kappa shape index (κ2) is 9.80. The van der Waals surface area contributed by atoms with Crippen molar-refractivity contribution >= 4 is 23.2 Å². The smallest absolute Gasteiger partial charge is 0.257 e. The van der Waals surface area contributed by atoms with Gasteiger partial charge < -0.3 is 10.6 Å². The lowest BCUT2D eigenvalue weighted by Crippen LogP contribution is -2.30. The van der Waals surface area contributed by atoms with Gasteiger partial charge in [-0.3, -0.25) is 14.5 Å². The molecule has 0 aliphatic carbocycles. The number of benzene rings is 3. The summed E-state index contributed by atoms with van der Waals surface area (Å²) in [7, 11) is 1.78. The highest BCUT2D eigenvalue weighted by Gasteiger charge is 2.15. The fourth-order valence-electron chi connectivity index (χ4n) is 3.15. The zero-order valence-corrected chi connectivity index (χ0v) is 17.0. The van der Waals surface area contributed by atoms with E-state index in [1.807, 2.05) is 37.3 Å². The first kappa shape index (κ1) is 21.2. The Hall–Kier alpha value is -3.51. The molecular formula is C24H24FN3O2. The Morgan fingerprint density at radius 1 is 0.933 bits per heavy atom. The van der Waals surface area contributed by atoms with Crippen molar-refractivity contribution in [3.8, 4) is 0 Å². The van der Waals surface area contributed by atoms with E-state index in [4.69, 9.17) is 0 Å². The van der Waals surface area contributed by atoms with E-state index in [1.165, 1.54) is 12.1 Å². The molecule has 0 aromatic heterocycles. The van der Waals surface area contributed by atoms with Crippen molar-refractivity contribution in [3.05, 3.63) is 95.3 Å². The maximum absolute atomic E-state index is 13.3. The van der Waals surface area contributed by atoms with Gasteiger partial charge in [0.1, 0.15) is 5.82 Å². The van der Waals surface area contributed by atoms with Gasteiger partial charge in [0.15, 0.2) is 0 Å². The molecule has 0 spiro atoms. The topological polar surface area (TPSA) is 61.4 Å². The molecule has 3 rings (SSSR count). The van der Waals surface area contributed by atoms with Gasteiger partial charge in [-0.15, -0.1) is 0 Å². The summed E-state index contributed by atoms with van der Waals surface area (Å²) in [6, 6.07) is 20.6. The number of halogens is 1. The van der Waals surface area contributed by atoms with Crippen LogP contribution in [0, 0.1) is 12.7 Å². The van der Waals surface area contributed by atoms with E-state index in [1.54, 1.807) is 42.3 Å². The SMILES string of the molecule is Cc1cccc(NC(=O)c2ccccc2NC(=O)CN(C)Cc2cccc(F)c2)c1. The van der Waals surface area contributed by atoms with Gasteiger partial charge in [0.05, 0.1) is 17.8 Å². The monoisotopic (exact) mass is 405 g/mol. The lowest BCUT2D eigenvalue weighted by atomic mass is 10.1. The number of para-hydroxylation sites is 1. The van der Waals surface area contributed by atoms with Crippen LogP contribution in [0.2, 0.25) is 0 Å². The predicted octanol–water partition coefficient (Wildman–Crippen LogP) is 4.46. The van der Waals surface area contributed by atoms with Crippen LogP contribution in [0.3, 0.4) is 0 Å². The van der Waals surface area contributed by atoms with E-state index in [-0.39, 0.29) is 24.2 Å². The molecule has 3 aromatic rings. The number of rotatable bonds is 7. The fourth-order valence-corrected chi connectivity index (χ4v) is 3.15. The number of anilines is 2. The van der Waals surface area contributed by atoms with Crippen LogP contribution in [0.25, 0.3) is 0 Å². The van der Waals surface area contributed by atoms with E-state index < -0.39 is 0 Å². The quantitative estimate of drug-likeness (QED) is 0.610. The van der Waals surface area contributed by atoms with E-state index in [2.05, 4.69) is 10.6 Å². The van der Waals surface area contributed by atoms with E-state index in [0.717, 1.165) is 11.1 Å². The number of hydrogen-bond acceptors (Lipinski definition) is 3. The molecule has 30 heavy (non-hydrogen) atoms. The van der Waals surface area contributed by atoms with Gasteiger partial charge in [-0.2, -0.15) is 0 Å². The Morgan fingerprint density at radius 3 is 2.47 bits per heavy atom. The minimum atomic E-state index is -0.307. The molecule has 0 fully saturated rings. The van der Waals surface area contributed by atoms with Crippen molar-refractivity contribution in [2.24, 2.45) is 0 Å². The van der Waals surface area contributed by atoms with Crippen molar-refractivity contribution in [1.29, 1.82) is 0 Å². The maximum Gasteiger partial charge on any atom is 0.257 e. The van der Waals surface area contributed by atoms with Crippen LogP contribution in [0.5, 0.6) is 0 Å². The number of nitrogens with zero attached hydrogens (tertiary/aromatic N) is 1. The molecular weight excluding hydrogens is 381 g/mol. The first-order chi connectivity index (χ1) is 14.4. The Labute approximate surface area is 175 Å². The fraction of sp³-hybridized carbons (Fsp3) is 0.167. The molecule has 0 saturated heterocycles. The summed E-state index contributed by atoms with van der Waals surface area (Å²) in [6.07, 6.45) is 0. The molecule has 0 heterocycles. The molecule has 0 atom stereocenters. The zero-order valence-electron chi connectivity index (χ0n) is 17.0. The minimum Gasteiger partial charge on any atom is -0.324 e. The summed E-state index contributed by atoms with van der Waals surface area (Å²) >= 11 is 0. The maximum atomic E-state index is 13.3. The van der Waals surface area contributed by atoms with Gasteiger partial charge >= 0.3 is 0 Å². The number of carbonyl (C=O) groups is 2. The summed E-state index contributed by atoms with van der Waals surface area (Å²) < 4.78 is 13.3. The molecule has 3 aromatic carbocycles. The van der Waals surface area contributed by atoms with Gasteiger partial charge in [0.25, 0.3) is 5.91 Å². The van der Waals surface area contributed by atoms with Gasteiger partial charge in [0.2, 0.25) is 5.91 Å². The third-order valence-corrected chi connectivity index (χ3v) is 4.48. The molecule has 0 aliphatic rings. The predicted molar refractivity (Wildman–Crippen MR) is 117 cm³/mol. The highest BCUT2D eigenvalue weighted by molar-refractivity contribution is 6.10. The van der Waals surface area contributed by atoms with Crippen LogP contribution in [0.4, 0.5) is 15.8 Å². The average Bonchev–Trinajstić information content (AvgIpc) is 2.68. The largest absolute Gasteiger partial charge is 0.324 e. The van der Waals surface area contributed by atoms with Crippen molar-refractivity contribution in [2.45, 2.75) is 13.5 Å². The summed E-state index contributed by atoms with van der Waals surface area (Å²) in [5, 5.41) is 5.66. The normalized spacial score (nSPS) is 10.7. The van der Waals surface area contributed by atoms with E-state index in [9.17, 15) is 14.0 Å². The summed E-state index contributed by atoms with van der Waals surface area (Å²) in [6.45, 7) is 2.48. The molecule has 0 saturated carbocycles. The molecule has 0 unspecified atom stereocenters. The Morgan fingerprint density at radius 2 is 1.70 bits per heavy atom. The Bertz CT molecular complexity index is 1050. The zero-order chi connectivity index (χ0) is 21.5. The number of hydrogen-bond donors (Lipinski definition) is 2. The van der Waals surface area contributed by atoms with Crippen LogP contribution >= 0.6 is 0 Å². The second-order valence-corrected chi connectivity index (χ2v) is 7.22. The van der Waals surface area contributed by atoms with Gasteiger partial charge in [0, 0.05) is 12.2 Å². The lowest BCUT2D eigenvalue weighted by Gasteiger charge is -2.17. The van der Waals surface area contributed by atoms with Gasteiger partial charge in [-0.05, 0) is 61.5 Å². The highest BCUT2D eigenvalue weighted by atomic mass is 19.1. The summed E-state index contributed by atoms with van der Waals surface area (Å²) in [5.74, 6) is -0.867. The number of aryl methyl sites for hydroxylation is 1. The number of amides is 2. The Kier molecular flexibility index (Phi) is 6.93. The van der Waals surface area contributed by atoms with E-state index >= 15 is 0 Å². The van der Waals surface area contributed by atoms with Crippen LogP contribution in [-0.2, 0) is 11.3 Å². The molecule has 0 bridgehead atoms. The van der Waals surface area contributed by atoms with E-state index in [0.29, 0.717) is 23.5 Å². The van der Waals surface area contributed by atoms with Crippen LogP contribution in [0.1, 0.15) is 21.5 Å². The number of nitrogens with one attached hydrogen (secondary N) is 2. The highest BCUT2D eigenvalue weighted by Crippen LogP contribution is 2.18. The third-order valence-electron chi connectivity index (χ3n) is 4.48. The van der Waals surface area contributed by atoms with Crippen LogP contribution < -0.4 is 10.6 Å². The number of carbonyl (C=O) groups excluding carboxylic acids is 2. The van der Waals surface area contributed by atoms with Crippen LogP contribution in [-0.4, -0.2) is 30.3 Å². The van der Waals surface area contributed by atoms with Gasteiger partial charge in [-0.25, -0.2) is 4.39 Å². The van der Waals surface area contributed by atoms with Crippen molar-refractivity contribution in [2.75, 3.05) is 24.2 Å². The lowest BCUT2D eigenvalue weighted by molar-refractivity contribution is -0.117. The average molecular weight is 405 g/mol. The van der Waals surface area contributed by atoms with Crippen molar-refractivity contribution in [1.82, 2.24) is 4.90 Å². The molecule has 0 aliphatic heterocycles. The number of likely N-dealkylation sites (N-methyl/N-ethyl adjacent to an activating group) is 1. The van der Waals surface area contributed by atoms with Crippen molar-refractivity contribution < 1.29 is 14.0 Å². The molecule has 2 N–H and O–H groups in total. The third kappa shape index (κ3) is 5.99. The summed E-state index contributed by atoms with van der Waals surface area (Å²) in [4.78, 5) is 27.0. The van der Waals surface area contributed by atoms with Crippen molar-refractivity contribution in [3.63, 3.8) is 0 Å². The second-order valence-electron chi connectivity index (χ2n) is 7.22. The molecule has 5 nitrogen and oxygen atoms in total. The molecule has 154 valence electrons. The standard InChI is InChI=1S/C24H24FN3O2/c1-17-7-5-10-20(13-17)26-24(30)21-11-3-4-12-22(21)27-23(29)16-28(2)15-18-8-6-9-19(25)14-18/h3-14H,15-16H2,1-2H3,(H,26,30)(H,27,29). The first-order valence-corrected chi connectivity index (χ1v) is 9.60. The molecule has 0 radical (unpaired) electrons. The first-order valence-electron chi connectivity index (χ1n) is 9.60. The van der Waals surface area contributed by atoms with Crippen LogP contribution in [0.15, 0.2) is 72.8 Å². The molecule has 2 amide bonds. The summed E-state index contributed by atoms with van der Waals surface area (Å²) in [5.41, 5.74) is 3.32. The molecule has 6 heteroatoms.